The van der Waals surface area contributed by atoms with Crippen molar-refractivity contribution in [2.24, 2.45) is 0 Å². The number of halogens is 3. The second kappa shape index (κ2) is 7.18. The first-order valence-electron chi connectivity index (χ1n) is 8.98. The number of anilines is 1. The quantitative estimate of drug-likeness (QED) is 0.729. The van der Waals surface area contributed by atoms with E-state index in [0.29, 0.717) is 35.6 Å². The first kappa shape index (κ1) is 18.3. The van der Waals surface area contributed by atoms with Crippen molar-refractivity contribution in [2.75, 3.05) is 11.4 Å². The zero-order chi connectivity index (χ0) is 19.7. The van der Waals surface area contributed by atoms with Crippen molar-refractivity contribution in [3.8, 4) is 0 Å². The number of hydrogen-bond donors (Lipinski definition) is 1. The lowest BCUT2D eigenvalue weighted by molar-refractivity contribution is -0.137. The van der Waals surface area contributed by atoms with Crippen LogP contribution in [-0.4, -0.2) is 23.5 Å². The average Bonchev–Trinajstić information content (AvgIpc) is 3.32. The predicted molar refractivity (Wildman–Crippen MR) is 97.7 cm³/mol. The molecule has 1 aromatic heterocycles. The highest BCUT2D eigenvalue weighted by molar-refractivity contribution is 5.85. The van der Waals surface area contributed by atoms with Gasteiger partial charge in [0.15, 0.2) is 5.58 Å². The van der Waals surface area contributed by atoms with E-state index >= 15 is 0 Å². The first-order valence-corrected chi connectivity index (χ1v) is 8.98. The van der Waals surface area contributed by atoms with Crippen LogP contribution < -0.4 is 10.2 Å². The summed E-state index contributed by atoms with van der Waals surface area (Å²) in [6, 6.07) is 12.2. The molecule has 0 radical (unpaired) electrons. The summed E-state index contributed by atoms with van der Waals surface area (Å²) in [6.45, 7) is 0.662. The maximum Gasteiger partial charge on any atom is 0.416 e. The summed E-state index contributed by atoms with van der Waals surface area (Å²) in [6.07, 6.45) is -2.97. The van der Waals surface area contributed by atoms with Crippen LogP contribution in [0.25, 0.3) is 11.1 Å². The molecule has 1 atom stereocenters. The number of aromatic nitrogens is 1. The number of amides is 1. The van der Waals surface area contributed by atoms with E-state index in [0.717, 1.165) is 18.6 Å². The maximum absolute atomic E-state index is 12.8. The van der Waals surface area contributed by atoms with Crippen molar-refractivity contribution in [1.82, 2.24) is 10.3 Å². The Balaban J connectivity index is 1.45. The molecule has 1 N–H and O–H groups in total. The Kier molecular flexibility index (Phi) is 4.70. The van der Waals surface area contributed by atoms with Crippen LogP contribution in [0.1, 0.15) is 24.0 Å². The Morgan fingerprint density at radius 1 is 1.21 bits per heavy atom. The van der Waals surface area contributed by atoms with E-state index in [4.69, 9.17) is 4.42 Å². The third-order valence-electron chi connectivity index (χ3n) is 4.80. The van der Waals surface area contributed by atoms with Gasteiger partial charge in [-0.25, -0.2) is 0 Å². The van der Waals surface area contributed by atoms with Crippen LogP contribution in [0.15, 0.2) is 52.9 Å². The van der Waals surface area contributed by atoms with Gasteiger partial charge in [-0.3, -0.25) is 4.79 Å². The zero-order valence-electron chi connectivity index (χ0n) is 14.9. The van der Waals surface area contributed by atoms with E-state index in [1.54, 1.807) is 6.07 Å². The fourth-order valence-electron chi connectivity index (χ4n) is 3.42. The van der Waals surface area contributed by atoms with E-state index in [1.807, 2.05) is 29.2 Å². The van der Waals surface area contributed by atoms with Crippen molar-refractivity contribution in [3.05, 3.63) is 59.7 Å². The predicted octanol–water partition coefficient (Wildman–Crippen LogP) is 4.13. The normalized spacial score (nSPS) is 17.2. The van der Waals surface area contributed by atoms with Gasteiger partial charge in [0.2, 0.25) is 5.91 Å². The summed E-state index contributed by atoms with van der Waals surface area (Å²) in [7, 11) is 0. The highest BCUT2D eigenvalue weighted by Crippen LogP contribution is 2.30. The van der Waals surface area contributed by atoms with Gasteiger partial charge >= 0.3 is 6.18 Å². The molecule has 0 bridgehead atoms. The lowest BCUT2D eigenvalue weighted by Crippen LogP contribution is -2.43. The molecule has 2 heterocycles. The van der Waals surface area contributed by atoms with Crippen molar-refractivity contribution >= 4 is 23.0 Å². The Labute approximate surface area is 159 Å². The molecule has 146 valence electrons. The van der Waals surface area contributed by atoms with Crippen molar-refractivity contribution < 1.29 is 22.4 Å². The number of hydrogen-bond acceptors (Lipinski definition) is 4. The molecule has 0 aliphatic carbocycles. The molecule has 4 rings (SSSR count). The summed E-state index contributed by atoms with van der Waals surface area (Å²) in [5, 5.41) is 2.74. The van der Waals surface area contributed by atoms with Gasteiger partial charge in [0.05, 0.1) is 5.56 Å². The molecule has 0 saturated carbocycles. The summed E-state index contributed by atoms with van der Waals surface area (Å²) in [5.74, 6) is -0.253. The SMILES string of the molecule is O=C(NCc1cccc(C(F)(F)F)c1)[C@@H]1CCCN1c1nc2ccccc2o1. The molecule has 8 heteroatoms. The van der Waals surface area contributed by atoms with E-state index < -0.39 is 17.8 Å². The molecular weight excluding hydrogens is 371 g/mol. The van der Waals surface area contributed by atoms with Gasteiger partial charge in [-0.2, -0.15) is 18.2 Å². The number of rotatable bonds is 4. The van der Waals surface area contributed by atoms with E-state index in [2.05, 4.69) is 10.3 Å². The van der Waals surface area contributed by atoms with Crippen molar-refractivity contribution in [1.29, 1.82) is 0 Å². The first-order chi connectivity index (χ1) is 13.4. The minimum atomic E-state index is -4.41. The molecule has 2 aromatic carbocycles. The minimum Gasteiger partial charge on any atom is -0.423 e. The van der Waals surface area contributed by atoms with Gasteiger partial charge < -0.3 is 14.6 Å². The van der Waals surface area contributed by atoms with Gasteiger partial charge in [-0.1, -0.05) is 24.3 Å². The maximum atomic E-state index is 12.8. The number of alkyl halides is 3. The molecule has 0 spiro atoms. The van der Waals surface area contributed by atoms with Crippen LogP contribution in [0.2, 0.25) is 0 Å². The molecule has 5 nitrogen and oxygen atoms in total. The van der Waals surface area contributed by atoms with Crippen LogP contribution in [-0.2, 0) is 17.5 Å². The van der Waals surface area contributed by atoms with Crippen LogP contribution in [0.3, 0.4) is 0 Å². The number of fused-ring (bicyclic) bond motifs is 1. The third-order valence-corrected chi connectivity index (χ3v) is 4.80. The average molecular weight is 389 g/mol. The fourth-order valence-corrected chi connectivity index (χ4v) is 3.42. The standard InChI is InChI=1S/C20H18F3N3O2/c21-20(22,23)14-6-3-5-13(11-14)12-24-18(27)16-8-4-10-26(16)19-25-15-7-1-2-9-17(15)28-19/h1-3,5-7,9,11,16H,4,8,10,12H2,(H,24,27)/t16-/m0/s1. The lowest BCUT2D eigenvalue weighted by atomic mass is 10.1. The van der Waals surface area contributed by atoms with Gasteiger partial charge in [0.1, 0.15) is 11.6 Å². The molecule has 1 amide bonds. The molecule has 28 heavy (non-hydrogen) atoms. The summed E-state index contributed by atoms with van der Waals surface area (Å²) < 4.78 is 44.2. The lowest BCUT2D eigenvalue weighted by Gasteiger charge is -2.22. The van der Waals surface area contributed by atoms with Crippen LogP contribution in [0.5, 0.6) is 0 Å². The van der Waals surface area contributed by atoms with E-state index in [9.17, 15) is 18.0 Å². The van der Waals surface area contributed by atoms with Gasteiger partial charge in [0, 0.05) is 13.1 Å². The number of oxazole rings is 1. The Bertz CT molecular complexity index is 967. The topological polar surface area (TPSA) is 58.4 Å². The number of carbonyl (C=O) groups excluding carboxylic acids is 1. The number of nitrogens with zero attached hydrogens (tertiary/aromatic N) is 2. The molecular formula is C20H18F3N3O2. The Morgan fingerprint density at radius 3 is 2.82 bits per heavy atom. The second-order valence-electron chi connectivity index (χ2n) is 6.73. The van der Waals surface area contributed by atoms with Gasteiger partial charge in [0.25, 0.3) is 6.01 Å². The number of carbonyl (C=O) groups is 1. The number of nitrogens with one attached hydrogen (secondary N) is 1. The summed E-state index contributed by atoms with van der Waals surface area (Å²) >= 11 is 0. The molecule has 1 fully saturated rings. The van der Waals surface area contributed by atoms with Crippen LogP contribution in [0.4, 0.5) is 19.2 Å². The fraction of sp³-hybridized carbons (Fsp3) is 0.300. The van der Waals surface area contributed by atoms with Crippen LogP contribution >= 0.6 is 0 Å². The highest BCUT2D eigenvalue weighted by atomic mass is 19.4. The molecule has 3 aromatic rings. The van der Waals surface area contributed by atoms with Crippen LogP contribution in [0, 0.1) is 0 Å². The largest absolute Gasteiger partial charge is 0.423 e. The van der Waals surface area contributed by atoms with E-state index in [-0.39, 0.29) is 12.5 Å². The Morgan fingerprint density at radius 2 is 2.04 bits per heavy atom. The summed E-state index contributed by atoms with van der Waals surface area (Å²) in [4.78, 5) is 18.9. The summed E-state index contributed by atoms with van der Waals surface area (Å²) in [5.41, 5.74) is 1.03. The minimum absolute atomic E-state index is 0.0284. The highest BCUT2D eigenvalue weighted by Gasteiger charge is 2.34. The van der Waals surface area contributed by atoms with Crippen molar-refractivity contribution in [3.63, 3.8) is 0 Å². The Hall–Kier alpha value is -3.03. The smallest absolute Gasteiger partial charge is 0.416 e. The monoisotopic (exact) mass is 389 g/mol. The molecule has 1 aliphatic heterocycles. The molecule has 0 unspecified atom stereocenters. The zero-order valence-corrected chi connectivity index (χ0v) is 14.9. The molecule has 1 saturated heterocycles. The van der Waals surface area contributed by atoms with E-state index in [1.165, 1.54) is 6.07 Å². The number of benzene rings is 2. The third kappa shape index (κ3) is 3.67. The second-order valence-corrected chi connectivity index (χ2v) is 6.73. The molecule has 1 aliphatic rings. The van der Waals surface area contributed by atoms with Gasteiger partial charge in [-0.05, 0) is 42.7 Å². The van der Waals surface area contributed by atoms with Gasteiger partial charge in [-0.15, -0.1) is 0 Å². The number of para-hydroxylation sites is 2. The van der Waals surface area contributed by atoms with Crippen molar-refractivity contribution in [2.45, 2.75) is 31.6 Å².